The van der Waals surface area contributed by atoms with Crippen LogP contribution in [0, 0.1) is 5.92 Å². The van der Waals surface area contributed by atoms with Gasteiger partial charge in [-0.05, 0) is 0 Å². The first-order chi connectivity index (χ1) is 13.6. The van der Waals surface area contributed by atoms with Gasteiger partial charge in [-0.25, -0.2) is 13.7 Å². The Morgan fingerprint density at radius 1 is 1.13 bits per heavy atom. The van der Waals surface area contributed by atoms with Crippen molar-refractivity contribution >= 4 is 29.4 Å². The fraction of sp³-hybridized carbons (Fsp3) is 0.700. The molecule has 0 aromatic carbocycles. The Bertz CT molecular complexity index is 817. The Morgan fingerprint density at radius 3 is 2.30 bits per heavy atom. The Hall–Kier alpha value is -0.740. The number of ether oxygens (including phenoxy) is 1. The molecule has 2 heterocycles. The molecule has 3 unspecified atom stereocenters. The van der Waals surface area contributed by atoms with E-state index in [4.69, 9.17) is 25.2 Å². The molecule has 30 heavy (non-hydrogen) atoms. The van der Waals surface area contributed by atoms with E-state index >= 15 is 0 Å². The predicted octanol–water partition coefficient (Wildman–Crippen LogP) is -2.79. The quantitative estimate of drug-likeness (QED) is 0.149. The summed E-state index contributed by atoms with van der Waals surface area (Å²) in [7, 11) is -16.6. The number of nitrogens with two attached hydrogens (primary N) is 1. The summed E-state index contributed by atoms with van der Waals surface area (Å²) in [6.07, 6.45) is -3.20. The highest BCUT2D eigenvalue weighted by Gasteiger charge is 2.48. The molecule has 9 N–H and O–H groups in total. The molecule has 0 radical (unpaired) electrons. The van der Waals surface area contributed by atoms with Crippen LogP contribution in [-0.2, 0) is 36.4 Å². The van der Waals surface area contributed by atoms with Gasteiger partial charge in [-0.3, -0.25) is 9.32 Å². The number of phosphoric acid groups is 3. The van der Waals surface area contributed by atoms with Crippen LogP contribution in [0.3, 0.4) is 0 Å². The first-order valence-electron chi connectivity index (χ1n) is 7.90. The van der Waals surface area contributed by atoms with E-state index in [2.05, 4.69) is 18.5 Å². The molecule has 2 aliphatic heterocycles. The zero-order valence-corrected chi connectivity index (χ0v) is 17.5. The summed E-state index contributed by atoms with van der Waals surface area (Å²) in [6, 6.07) is 0. The molecular formula is C10H20N3O14P3. The Labute approximate surface area is 168 Å². The fourth-order valence-corrected chi connectivity index (χ4v) is 5.70. The van der Waals surface area contributed by atoms with Crippen molar-refractivity contribution in [1.29, 1.82) is 0 Å². The van der Waals surface area contributed by atoms with Gasteiger partial charge in [0.15, 0.2) is 6.23 Å². The van der Waals surface area contributed by atoms with Gasteiger partial charge < -0.3 is 50.5 Å². The highest BCUT2D eigenvalue weighted by atomic mass is 31.3. The standard InChI is InChI=1S/C10H20N3O14P3/c11-3-5-6(4-24-29(20,21)27-30(22,23)26-28(17,18)19)25-9(8(5)15)13-2-1-7(14)12-10(13)16/h1-2,5-6,8-10,15-16H,3-4,11H2,(H,12,14)(H,20,21)(H,22,23)(H2,17,18,19)/t5-,6-,8-,9-,10?/m1/s1. The second kappa shape index (κ2) is 9.40. The number of carbonyl (C=O) groups is 1. The number of aliphatic hydroxyl groups is 2. The van der Waals surface area contributed by atoms with Crippen LogP contribution < -0.4 is 11.1 Å². The van der Waals surface area contributed by atoms with Crippen LogP contribution in [0.15, 0.2) is 12.3 Å². The van der Waals surface area contributed by atoms with Crippen LogP contribution in [0.5, 0.6) is 0 Å². The van der Waals surface area contributed by atoms with E-state index in [9.17, 15) is 33.6 Å². The first-order valence-corrected chi connectivity index (χ1v) is 12.4. The number of carbonyl (C=O) groups excluding carboxylic acids is 1. The minimum Gasteiger partial charge on any atom is -0.388 e. The Morgan fingerprint density at radius 2 is 1.77 bits per heavy atom. The first kappa shape index (κ1) is 25.5. The average molecular weight is 499 g/mol. The van der Waals surface area contributed by atoms with Crippen LogP contribution in [0.25, 0.3) is 0 Å². The van der Waals surface area contributed by atoms with Gasteiger partial charge in [-0.1, -0.05) is 0 Å². The van der Waals surface area contributed by atoms with Crippen molar-refractivity contribution in [2.45, 2.75) is 24.8 Å². The van der Waals surface area contributed by atoms with Gasteiger partial charge in [0.2, 0.25) is 12.3 Å². The molecule has 0 bridgehead atoms. The summed E-state index contributed by atoms with van der Waals surface area (Å²) < 4.78 is 50.9. The number of nitrogens with zero attached hydrogens (tertiary/aromatic N) is 1. The third kappa shape index (κ3) is 6.88. The number of amides is 1. The van der Waals surface area contributed by atoms with Crippen molar-refractivity contribution in [2.24, 2.45) is 11.7 Å². The predicted molar refractivity (Wildman–Crippen MR) is 92.2 cm³/mol. The fourth-order valence-electron chi connectivity index (χ4n) is 2.67. The molecule has 0 aromatic heterocycles. The number of aliphatic hydroxyl groups excluding tert-OH is 2. The highest BCUT2D eigenvalue weighted by Crippen LogP contribution is 2.66. The molecule has 1 saturated heterocycles. The molecule has 1 amide bonds. The Kier molecular flexibility index (Phi) is 8.00. The summed E-state index contributed by atoms with van der Waals surface area (Å²) >= 11 is 0. The van der Waals surface area contributed by atoms with E-state index in [1.165, 1.54) is 0 Å². The lowest BCUT2D eigenvalue weighted by atomic mass is 9.98. The van der Waals surface area contributed by atoms with Crippen LogP contribution in [0.2, 0.25) is 0 Å². The zero-order valence-electron chi connectivity index (χ0n) is 14.8. The number of phosphoric ester groups is 1. The van der Waals surface area contributed by atoms with Crippen LogP contribution in [0.1, 0.15) is 0 Å². The second-order valence-electron chi connectivity index (χ2n) is 5.99. The van der Waals surface area contributed by atoms with E-state index in [1.807, 2.05) is 0 Å². The lowest BCUT2D eigenvalue weighted by molar-refractivity contribution is -0.152. The normalized spacial score (nSPS) is 33.8. The highest BCUT2D eigenvalue weighted by molar-refractivity contribution is 7.66. The number of hydrogen-bond donors (Lipinski definition) is 8. The van der Waals surface area contributed by atoms with Crippen molar-refractivity contribution in [3.8, 4) is 0 Å². The molecule has 7 atom stereocenters. The SMILES string of the molecule is NC[C@H]1[C@@H](O)[C@H](N2C=CC(=O)NC2O)O[C@@H]1COP(=O)(O)OP(=O)(O)OP(=O)(O)O. The largest absolute Gasteiger partial charge is 0.490 e. The van der Waals surface area contributed by atoms with Crippen molar-refractivity contribution in [3.05, 3.63) is 12.3 Å². The van der Waals surface area contributed by atoms with E-state index in [0.29, 0.717) is 0 Å². The van der Waals surface area contributed by atoms with E-state index in [0.717, 1.165) is 17.2 Å². The van der Waals surface area contributed by atoms with Gasteiger partial charge >= 0.3 is 23.5 Å². The maximum Gasteiger partial charge on any atom is 0.490 e. The topological polar surface area (TPSA) is 268 Å². The van der Waals surface area contributed by atoms with Gasteiger partial charge in [0, 0.05) is 24.7 Å². The molecular weight excluding hydrogens is 479 g/mol. The lowest BCUT2D eigenvalue weighted by Gasteiger charge is -2.35. The minimum absolute atomic E-state index is 0.220. The molecule has 0 spiro atoms. The maximum atomic E-state index is 11.8. The number of nitrogens with one attached hydrogen (secondary N) is 1. The summed E-state index contributed by atoms with van der Waals surface area (Å²) in [5.74, 6) is -1.52. The molecule has 1 fully saturated rings. The molecule has 17 nitrogen and oxygen atoms in total. The maximum absolute atomic E-state index is 11.8. The third-order valence-electron chi connectivity index (χ3n) is 3.86. The van der Waals surface area contributed by atoms with Gasteiger partial charge in [-0.2, -0.15) is 8.62 Å². The van der Waals surface area contributed by atoms with Gasteiger partial charge in [0.1, 0.15) is 6.10 Å². The van der Waals surface area contributed by atoms with Crippen molar-refractivity contribution < 1.29 is 66.2 Å². The second-order valence-corrected chi connectivity index (χ2v) is 10.4. The Balaban J connectivity index is 2.04. The van der Waals surface area contributed by atoms with Crippen molar-refractivity contribution in [1.82, 2.24) is 10.2 Å². The van der Waals surface area contributed by atoms with Crippen LogP contribution in [0.4, 0.5) is 0 Å². The third-order valence-corrected chi connectivity index (χ3v) is 7.66. The number of rotatable bonds is 9. The minimum atomic E-state index is -5.69. The van der Waals surface area contributed by atoms with Crippen LogP contribution >= 0.6 is 23.5 Å². The summed E-state index contributed by atoms with van der Waals surface area (Å²) in [5, 5.41) is 22.4. The van der Waals surface area contributed by atoms with E-state index < -0.39 is 66.7 Å². The molecule has 2 rings (SSSR count). The monoisotopic (exact) mass is 499 g/mol. The summed E-state index contributed by atoms with van der Waals surface area (Å²) in [6.45, 7) is -1.05. The molecule has 2 aliphatic rings. The van der Waals surface area contributed by atoms with Crippen molar-refractivity contribution in [2.75, 3.05) is 13.2 Å². The van der Waals surface area contributed by atoms with Gasteiger partial charge in [-0.15, -0.1) is 0 Å². The zero-order chi connectivity index (χ0) is 22.9. The summed E-state index contributed by atoms with van der Waals surface area (Å²) in [4.78, 5) is 47.8. The van der Waals surface area contributed by atoms with E-state index in [-0.39, 0.29) is 6.54 Å². The molecule has 0 aromatic rings. The van der Waals surface area contributed by atoms with E-state index in [1.54, 1.807) is 0 Å². The molecule has 0 saturated carbocycles. The summed E-state index contributed by atoms with van der Waals surface area (Å²) in [5.41, 5.74) is 5.56. The molecule has 174 valence electrons. The average Bonchev–Trinajstić information content (AvgIpc) is 2.85. The van der Waals surface area contributed by atoms with Crippen LogP contribution in [-0.4, -0.2) is 78.5 Å². The van der Waals surface area contributed by atoms with Crippen molar-refractivity contribution in [3.63, 3.8) is 0 Å². The van der Waals surface area contributed by atoms with Gasteiger partial charge in [0.05, 0.1) is 12.7 Å². The molecule has 20 heteroatoms. The number of hydrogen-bond acceptors (Lipinski definition) is 12. The lowest BCUT2D eigenvalue weighted by Crippen LogP contribution is -2.55. The van der Waals surface area contributed by atoms with Gasteiger partial charge in [0.25, 0.3) is 0 Å². The smallest absolute Gasteiger partial charge is 0.388 e. The molecule has 0 aliphatic carbocycles.